The minimum atomic E-state index is -0.610. The van der Waals surface area contributed by atoms with Crippen LogP contribution in [0.15, 0.2) is 0 Å². The molecule has 2 atom stereocenters. The van der Waals surface area contributed by atoms with Gasteiger partial charge in [0.2, 0.25) is 5.91 Å². The minimum absolute atomic E-state index is 0.0421. The van der Waals surface area contributed by atoms with Crippen LogP contribution >= 0.6 is 11.8 Å². The Morgan fingerprint density at radius 3 is 2.83 bits per heavy atom. The van der Waals surface area contributed by atoms with E-state index in [1.165, 1.54) is 7.11 Å². The van der Waals surface area contributed by atoms with E-state index in [0.717, 1.165) is 0 Å². The van der Waals surface area contributed by atoms with Gasteiger partial charge in [-0.3, -0.25) is 14.9 Å². The number of amides is 1. The molecule has 18 heavy (non-hydrogen) atoms. The fraction of sp³-hybridized carbons (Fsp3) is 0.818. The molecule has 102 valence electrons. The molecule has 7 heteroatoms. The number of thioether (sulfide) groups is 1. The lowest BCUT2D eigenvalue weighted by molar-refractivity contribution is -0.143. The number of aliphatic hydroxyl groups is 1. The van der Waals surface area contributed by atoms with Gasteiger partial charge >= 0.3 is 5.97 Å². The van der Waals surface area contributed by atoms with Crippen LogP contribution < -0.4 is 5.32 Å². The van der Waals surface area contributed by atoms with Gasteiger partial charge in [-0.05, 0) is 6.92 Å². The molecule has 0 radical (unpaired) electrons. The molecule has 0 saturated carbocycles. The Kier molecular flexibility index (Phi) is 3.84. The summed E-state index contributed by atoms with van der Waals surface area (Å²) in [6.07, 6.45) is -0.456. The molecule has 2 saturated heterocycles. The zero-order valence-corrected chi connectivity index (χ0v) is 11.3. The Bertz CT molecular complexity index is 355. The van der Waals surface area contributed by atoms with Gasteiger partial charge in [0, 0.05) is 5.75 Å². The lowest BCUT2D eigenvalue weighted by Gasteiger charge is -2.47. The number of aliphatic hydroxyl groups excluding tert-OH is 1. The average Bonchev–Trinajstić information content (AvgIpc) is 2.69. The first-order chi connectivity index (χ1) is 8.46. The van der Waals surface area contributed by atoms with Crippen molar-refractivity contribution in [3.63, 3.8) is 0 Å². The van der Waals surface area contributed by atoms with Crippen molar-refractivity contribution in [2.24, 2.45) is 0 Å². The zero-order valence-electron chi connectivity index (χ0n) is 10.5. The maximum absolute atomic E-state index is 11.7. The van der Waals surface area contributed by atoms with E-state index < -0.39 is 6.10 Å². The number of nitrogens with zero attached hydrogens (tertiary/aromatic N) is 1. The van der Waals surface area contributed by atoms with E-state index in [2.05, 4.69) is 5.32 Å². The summed E-state index contributed by atoms with van der Waals surface area (Å²) in [7, 11) is 1.37. The monoisotopic (exact) mass is 274 g/mol. The van der Waals surface area contributed by atoms with E-state index in [1.54, 1.807) is 23.6 Å². The van der Waals surface area contributed by atoms with Crippen LogP contribution in [0.25, 0.3) is 0 Å². The van der Waals surface area contributed by atoms with E-state index in [-0.39, 0.29) is 29.2 Å². The highest BCUT2D eigenvalue weighted by Crippen LogP contribution is 2.38. The maximum Gasteiger partial charge on any atom is 0.323 e. The van der Waals surface area contributed by atoms with Gasteiger partial charge in [-0.25, -0.2) is 0 Å². The van der Waals surface area contributed by atoms with Crippen molar-refractivity contribution in [1.82, 2.24) is 10.2 Å². The van der Waals surface area contributed by atoms with Crippen molar-refractivity contribution in [3.05, 3.63) is 0 Å². The molecule has 0 aromatic heterocycles. The van der Waals surface area contributed by atoms with E-state index in [9.17, 15) is 9.59 Å². The molecule has 0 aliphatic carbocycles. The molecular weight excluding hydrogens is 256 g/mol. The number of rotatable bonds is 3. The van der Waals surface area contributed by atoms with Gasteiger partial charge in [0.15, 0.2) is 0 Å². The number of carbonyl (C=O) groups excluding carboxylic acids is 2. The highest BCUT2D eigenvalue weighted by molar-refractivity contribution is 8.01. The maximum atomic E-state index is 11.7. The SMILES string of the molecule is COC(=O)[C@@H]1CSC2(CN(C(=O)C[C@@H](C)O)C2)N1. The molecule has 0 aromatic carbocycles. The summed E-state index contributed by atoms with van der Waals surface area (Å²) in [5.74, 6) is 0.373. The Balaban J connectivity index is 1.82. The van der Waals surface area contributed by atoms with Crippen LogP contribution in [0.3, 0.4) is 0 Å². The first-order valence-corrected chi connectivity index (χ1v) is 6.90. The number of ether oxygens (including phenoxy) is 1. The zero-order chi connectivity index (χ0) is 13.3. The third kappa shape index (κ3) is 2.62. The standard InChI is InChI=1S/C11H18N2O4S/c1-7(14)3-9(15)13-5-11(6-13)12-8(4-18-11)10(16)17-2/h7-8,12,14H,3-6H2,1-2H3/t7-,8+/m1/s1. The van der Waals surface area contributed by atoms with Crippen LogP contribution in [0.4, 0.5) is 0 Å². The smallest absolute Gasteiger partial charge is 0.323 e. The normalized spacial score (nSPS) is 26.8. The van der Waals surface area contributed by atoms with E-state index >= 15 is 0 Å². The van der Waals surface area contributed by atoms with Crippen molar-refractivity contribution in [2.75, 3.05) is 26.0 Å². The van der Waals surface area contributed by atoms with Crippen molar-refractivity contribution >= 4 is 23.6 Å². The largest absolute Gasteiger partial charge is 0.468 e. The molecule has 0 unspecified atom stereocenters. The van der Waals surface area contributed by atoms with Crippen LogP contribution in [-0.2, 0) is 14.3 Å². The van der Waals surface area contributed by atoms with Gasteiger partial charge in [0.1, 0.15) is 10.9 Å². The van der Waals surface area contributed by atoms with Gasteiger partial charge in [0.05, 0.1) is 32.7 Å². The second-order valence-electron chi connectivity index (χ2n) is 4.83. The predicted molar refractivity (Wildman–Crippen MR) is 67.0 cm³/mol. The van der Waals surface area contributed by atoms with E-state index in [4.69, 9.17) is 9.84 Å². The van der Waals surface area contributed by atoms with Gasteiger partial charge in [-0.15, -0.1) is 11.8 Å². The lowest BCUT2D eigenvalue weighted by Crippen LogP contribution is -2.68. The molecular formula is C11H18N2O4S. The average molecular weight is 274 g/mol. The van der Waals surface area contributed by atoms with E-state index in [1.807, 2.05) is 0 Å². The molecule has 1 spiro atoms. The summed E-state index contributed by atoms with van der Waals surface area (Å²) in [4.78, 5) is 24.6. The molecule has 2 fully saturated rings. The first-order valence-electron chi connectivity index (χ1n) is 5.91. The third-order valence-corrected chi connectivity index (χ3v) is 4.59. The lowest BCUT2D eigenvalue weighted by atomic mass is 10.1. The minimum Gasteiger partial charge on any atom is -0.468 e. The molecule has 6 nitrogen and oxygen atoms in total. The molecule has 0 bridgehead atoms. The summed E-state index contributed by atoms with van der Waals surface area (Å²) < 4.78 is 4.69. The first kappa shape index (κ1) is 13.6. The fourth-order valence-corrected chi connectivity index (χ4v) is 3.65. The highest BCUT2D eigenvalue weighted by Gasteiger charge is 2.51. The Morgan fingerprint density at radius 1 is 1.61 bits per heavy atom. The fourth-order valence-electron chi connectivity index (χ4n) is 2.22. The summed E-state index contributed by atoms with van der Waals surface area (Å²) in [6.45, 7) is 2.76. The molecule has 2 heterocycles. The van der Waals surface area contributed by atoms with Crippen LogP contribution in [0, 0.1) is 0 Å². The van der Waals surface area contributed by atoms with Gasteiger partial charge in [-0.2, -0.15) is 0 Å². The number of likely N-dealkylation sites (tertiary alicyclic amines) is 1. The van der Waals surface area contributed by atoms with Crippen molar-refractivity contribution in [2.45, 2.75) is 30.4 Å². The number of nitrogens with one attached hydrogen (secondary N) is 1. The summed E-state index contributed by atoms with van der Waals surface area (Å²) >= 11 is 1.65. The predicted octanol–water partition coefficient (Wildman–Crippen LogP) is -0.826. The topological polar surface area (TPSA) is 78.9 Å². The summed E-state index contributed by atoms with van der Waals surface area (Å²) in [5.41, 5.74) is 0. The van der Waals surface area contributed by atoms with Gasteiger partial charge < -0.3 is 14.7 Å². The summed E-state index contributed by atoms with van der Waals surface area (Å²) in [6, 6.07) is -0.283. The Morgan fingerprint density at radius 2 is 2.28 bits per heavy atom. The molecule has 2 N–H and O–H groups in total. The molecule has 2 aliphatic rings. The number of carbonyl (C=O) groups is 2. The second-order valence-corrected chi connectivity index (χ2v) is 6.23. The van der Waals surface area contributed by atoms with Crippen LogP contribution in [0.2, 0.25) is 0 Å². The Labute approximate surface area is 110 Å². The van der Waals surface area contributed by atoms with E-state index in [0.29, 0.717) is 18.8 Å². The van der Waals surface area contributed by atoms with Crippen molar-refractivity contribution in [1.29, 1.82) is 0 Å². The van der Waals surface area contributed by atoms with Crippen LogP contribution in [0.1, 0.15) is 13.3 Å². The highest BCUT2D eigenvalue weighted by atomic mass is 32.2. The molecule has 1 amide bonds. The van der Waals surface area contributed by atoms with Gasteiger partial charge in [0.25, 0.3) is 0 Å². The second kappa shape index (κ2) is 5.07. The van der Waals surface area contributed by atoms with Crippen molar-refractivity contribution < 1.29 is 19.4 Å². The quantitative estimate of drug-likeness (QED) is 0.654. The number of esters is 1. The number of hydrogen-bond acceptors (Lipinski definition) is 6. The van der Waals surface area contributed by atoms with Crippen LogP contribution in [-0.4, -0.2) is 64.9 Å². The molecule has 2 aliphatic heterocycles. The van der Waals surface area contributed by atoms with Crippen molar-refractivity contribution in [3.8, 4) is 0 Å². The molecule has 2 rings (SSSR count). The van der Waals surface area contributed by atoms with Gasteiger partial charge in [-0.1, -0.05) is 0 Å². The van der Waals surface area contributed by atoms with Crippen LogP contribution in [0.5, 0.6) is 0 Å². The third-order valence-electron chi connectivity index (χ3n) is 3.16. The number of hydrogen-bond donors (Lipinski definition) is 2. The summed E-state index contributed by atoms with van der Waals surface area (Å²) in [5, 5.41) is 12.4. The molecule has 0 aromatic rings. The Hall–Kier alpha value is -0.790. The number of methoxy groups -OCH3 is 1.